The quantitative estimate of drug-likeness (QED) is 0.529. The Kier molecular flexibility index (Phi) is 7.16. The molecule has 6 heteroatoms. The second-order valence-electron chi connectivity index (χ2n) is 6.21. The van der Waals surface area contributed by atoms with E-state index in [1.54, 1.807) is 30.3 Å². The Labute approximate surface area is 157 Å². The number of halogens is 1. The second-order valence-corrected chi connectivity index (χ2v) is 6.65. The third-order valence-electron chi connectivity index (χ3n) is 4.25. The van der Waals surface area contributed by atoms with E-state index in [9.17, 15) is 19.5 Å². The summed E-state index contributed by atoms with van der Waals surface area (Å²) in [5, 5.41) is 12.3. The molecule has 0 saturated carbocycles. The number of allylic oxidation sites excluding steroid dienone is 2. The standard InChI is InChI=1S/C20H22ClNO4/c1-2-3-4-5-18(23)13-6-8-14(9-7-13)19(24)22-17-11-10-15(21)12-16(17)20(25)26/h6-10,12,17H,2-5,11H2,1H3,(H,22,24)(H,25,26). The number of aliphatic carboxylic acids is 1. The molecule has 0 spiro atoms. The van der Waals surface area contributed by atoms with Crippen molar-refractivity contribution < 1.29 is 19.5 Å². The highest BCUT2D eigenvalue weighted by molar-refractivity contribution is 6.31. The van der Waals surface area contributed by atoms with Crippen molar-refractivity contribution in [1.82, 2.24) is 5.32 Å². The first-order valence-electron chi connectivity index (χ1n) is 8.67. The van der Waals surface area contributed by atoms with Crippen molar-refractivity contribution >= 4 is 29.3 Å². The number of carbonyl (C=O) groups is 3. The molecule has 1 unspecified atom stereocenters. The molecule has 0 aromatic heterocycles. The number of Topliss-reactive ketones (excluding diaryl/α,β-unsaturated/α-hetero) is 1. The number of hydrogen-bond acceptors (Lipinski definition) is 3. The molecule has 138 valence electrons. The monoisotopic (exact) mass is 375 g/mol. The van der Waals surface area contributed by atoms with Gasteiger partial charge in [0.15, 0.2) is 5.78 Å². The molecule has 5 nitrogen and oxygen atoms in total. The molecule has 0 fully saturated rings. The summed E-state index contributed by atoms with van der Waals surface area (Å²) < 4.78 is 0. The zero-order valence-corrected chi connectivity index (χ0v) is 15.4. The molecule has 0 bridgehead atoms. The fraction of sp³-hybridized carbons (Fsp3) is 0.350. The van der Waals surface area contributed by atoms with Gasteiger partial charge in [0.25, 0.3) is 5.91 Å². The van der Waals surface area contributed by atoms with Gasteiger partial charge in [0.1, 0.15) is 0 Å². The molecule has 0 aliphatic heterocycles. The number of hydrogen-bond donors (Lipinski definition) is 2. The van der Waals surface area contributed by atoms with Crippen LogP contribution in [-0.2, 0) is 4.79 Å². The lowest BCUT2D eigenvalue weighted by molar-refractivity contribution is -0.133. The highest BCUT2D eigenvalue weighted by Gasteiger charge is 2.25. The molecular formula is C20H22ClNO4. The first kappa shape index (κ1) is 19.9. The Morgan fingerprint density at radius 1 is 1.15 bits per heavy atom. The van der Waals surface area contributed by atoms with E-state index in [0.29, 0.717) is 29.0 Å². The number of carboxylic acid groups (broad SMARTS) is 1. The van der Waals surface area contributed by atoms with Crippen LogP contribution in [0.25, 0.3) is 0 Å². The Bertz CT molecular complexity index is 750. The van der Waals surface area contributed by atoms with Gasteiger partial charge < -0.3 is 10.4 Å². The molecule has 2 rings (SSSR count). The summed E-state index contributed by atoms with van der Waals surface area (Å²) in [6.07, 6.45) is 6.76. The molecule has 1 aromatic carbocycles. The van der Waals surface area contributed by atoms with E-state index in [4.69, 9.17) is 11.6 Å². The van der Waals surface area contributed by atoms with Crippen molar-refractivity contribution in [3.8, 4) is 0 Å². The smallest absolute Gasteiger partial charge is 0.333 e. The van der Waals surface area contributed by atoms with Gasteiger partial charge in [0.05, 0.1) is 11.6 Å². The molecule has 1 atom stereocenters. The summed E-state index contributed by atoms with van der Waals surface area (Å²) in [6.45, 7) is 2.08. The van der Waals surface area contributed by atoms with Crippen LogP contribution in [0.2, 0.25) is 0 Å². The van der Waals surface area contributed by atoms with Crippen LogP contribution >= 0.6 is 11.6 Å². The first-order valence-corrected chi connectivity index (χ1v) is 9.04. The third-order valence-corrected chi connectivity index (χ3v) is 4.51. The minimum Gasteiger partial charge on any atom is -0.478 e. The van der Waals surface area contributed by atoms with Gasteiger partial charge in [-0.05, 0) is 31.1 Å². The molecule has 0 saturated heterocycles. The van der Waals surface area contributed by atoms with Crippen LogP contribution in [0.15, 0.2) is 47.0 Å². The number of unbranched alkanes of at least 4 members (excludes halogenated alkanes) is 2. The van der Waals surface area contributed by atoms with Gasteiger partial charge in [0, 0.05) is 22.6 Å². The normalized spacial score (nSPS) is 16.5. The maximum Gasteiger partial charge on any atom is 0.333 e. The van der Waals surface area contributed by atoms with Gasteiger partial charge in [-0.15, -0.1) is 0 Å². The van der Waals surface area contributed by atoms with Gasteiger partial charge in [-0.2, -0.15) is 0 Å². The molecule has 2 N–H and O–H groups in total. The largest absolute Gasteiger partial charge is 0.478 e. The zero-order chi connectivity index (χ0) is 19.1. The lowest BCUT2D eigenvalue weighted by atomic mass is 9.98. The van der Waals surface area contributed by atoms with E-state index in [1.165, 1.54) is 6.08 Å². The van der Waals surface area contributed by atoms with E-state index in [0.717, 1.165) is 19.3 Å². The van der Waals surface area contributed by atoms with E-state index >= 15 is 0 Å². The van der Waals surface area contributed by atoms with E-state index in [2.05, 4.69) is 12.2 Å². The molecule has 1 aliphatic rings. The van der Waals surface area contributed by atoms with Gasteiger partial charge in [-0.3, -0.25) is 9.59 Å². The SMILES string of the molecule is CCCCCC(=O)c1ccc(C(=O)NC2CC=C(Cl)C=C2C(=O)O)cc1. The lowest BCUT2D eigenvalue weighted by Crippen LogP contribution is -2.39. The molecule has 0 heterocycles. The predicted octanol–water partition coefficient (Wildman–Crippen LogP) is 4.09. The minimum atomic E-state index is -1.12. The Hall–Kier alpha value is -2.40. The summed E-state index contributed by atoms with van der Waals surface area (Å²) >= 11 is 5.84. The first-order chi connectivity index (χ1) is 12.4. The summed E-state index contributed by atoms with van der Waals surface area (Å²) in [5.41, 5.74) is 1.00. The maximum atomic E-state index is 12.4. The van der Waals surface area contributed by atoms with Crippen molar-refractivity contribution in [2.24, 2.45) is 0 Å². The van der Waals surface area contributed by atoms with Crippen LogP contribution in [0.5, 0.6) is 0 Å². The summed E-state index contributed by atoms with van der Waals surface area (Å²) in [5.74, 6) is -1.44. The molecule has 0 radical (unpaired) electrons. The van der Waals surface area contributed by atoms with E-state index < -0.39 is 17.9 Å². The van der Waals surface area contributed by atoms with Crippen LogP contribution in [0.4, 0.5) is 0 Å². The summed E-state index contributed by atoms with van der Waals surface area (Å²) in [4.78, 5) is 35.8. The fourth-order valence-corrected chi connectivity index (χ4v) is 2.95. The van der Waals surface area contributed by atoms with E-state index in [1.807, 2.05) is 0 Å². The lowest BCUT2D eigenvalue weighted by Gasteiger charge is -2.21. The fourth-order valence-electron chi connectivity index (χ4n) is 2.74. The predicted molar refractivity (Wildman–Crippen MR) is 100 cm³/mol. The number of carbonyl (C=O) groups excluding carboxylic acids is 2. The second kappa shape index (κ2) is 9.34. The van der Waals surface area contributed by atoms with Crippen LogP contribution in [0, 0.1) is 0 Å². The highest BCUT2D eigenvalue weighted by Crippen LogP contribution is 2.21. The van der Waals surface area contributed by atoms with Gasteiger partial charge in [0.2, 0.25) is 0 Å². The zero-order valence-electron chi connectivity index (χ0n) is 14.6. The topological polar surface area (TPSA) is 83.5 Å². The van der Waals surface area contributed by atoms with Crippen molar-refractivity contribution in [2.45, 2.75) is 45.1 Å². The molecule has 26 heavy (non-hydrogen) atoms. The van der Waals surface area contributed by atoms with Crippen LogP contribution in [0.1, 0.15) is 59.7 Å². The molecule has 1 aromatic rings. The average Bonchev–Trinajstić information content (AvgIpc) is 2.63. The number of benzene rings is 1. The number of carboxylic acids is 1. The van der Waals surface area contributed by atoms with Crippen molar-refractivity contribution in [3.05, 3.63) is 58.1 Å². The number of nitrogens with one attached hydrogen (secondary N) is 1. The van der Waals surface area contributed by atoms with Crippen LogP contribution < -0.4 is 5.32 Å². The number of ketones is 1. The summed E-state index contributed by atoms with van der Waals surface area (Å²) in [6, 6.07) is 5.79. The van der Waals surface area contributed by atoms with Crippen molar-refractivity contribution in [1.29, 1.82) is 0 Å². The average molecular weight is 376 g/mol. The Morgan fingerprint density at radius 3 is 2.42 bits per heavy atom. The highest BCUT2D eigenvalue weighted by atomic mass is 35.5. The molecule has 1 amide bonds. The van der Waals surface area contributed by atoms with Gasteiger partial charge >= 0.3 is 5.97 Å². The third kappa shape index (κ3) is 5.30. The Balaban J connectivity index is 2.01. The number of amides is 1. The van der Waals surface area contributed by atoms with Crippen molar-refractivity contribution in [3.63, 3.8) is 0 Å². The van der Waals surface area contributed by atoms with Gasteiger partial charge in [-0.25, -0.2) is 4.79 Å². The minimum absolute atomic E-state index is 0.0496. The van der Waals surface area contributed by atoms with Crippen molar-refractivity contribution in [2.75, 3.05) is 0 Å². The molecule has 1 aliphatic carbocycles. The Morgan fingerprint density at radius 2 is 1.81 bits per heavy atom. The van der Waals surface area contributed by atoms with E-state index in [-0.39, 0.29) is 11.4 Å². The molecular weight excluding hydrogens is 354 g/mol. The van der Waals surface area contributed by atoms with Crippen LogP contribution in [-0.4, -0.2) is 28.8 Å². The summed E-state index contributed by atoms with van der Waals surface area (Å²) in [7, 11) is 0. The van der Waals surface area contributed by atoms with Gasteiger partial charge in [-0.1, -0.05) is 49.6 Å². The maximum absolute atomic E-state index is 12.4. The van der Waals surface area contributed by atoms with Crippen LogP contribution in [0.3, 0.4) is 0 Å². The number of rotatable bonds is 8.